The van der Waals surface area contributed by atoms with Crippen molar-refractivity contribution in [1.82, 2.24) is 15.0 Å². The van der Waals surface area contributed by atoms with Gasteiger partial charge in [-0.2, -0.15) is 0 Å². The molecule has 0 saturated carbocycles. The van der Waals surface area contributed by atoms with Crippen LogP contribution < -0.4 is 5.73 Å². The van der Waals surface area contributed by atoms with E-state index in [9.17, 15) is 15.0 Å². The predicted octanol–water partition coefficient (Wildman–Crippen LogP) is 3.65. The summed E-state index contributed by atoms with van der Waals surface area (Å²) in [6.07, 6.45) is 0. The summed E-state index contributed by atoms with van der Waals surface area (Å²) >= 11 is 0. The number of hydrogen-bond donors (Lipinski definition) is 3. The largest absolute Gasteiger partial charge is 0.507 e. The second-order valence-electron chi connectivity index (χ2n) is 6.64. The van der Waals surface area contributed by atoms with Crippen molar-refractivity contribution in [1.29, 1.82) is 0 Å². The Balaban J connectivity index is 1.91. The summed E-state index contributed by atoms with van der Waals surface area (Å²) in [5.41, 5.74) is 7.74. The molecule has 4 N–H and O–H groups in total. The van der Waals surface area contributed by atoms with Gasteiger partial charge >= 0.3 is 5.97 Å². The first-order valence-corrected chi connectivity index (χ1v) is 9.29. The van der Waals surface area contributed by atoms with Crippen LogP contribution in [-0.4, -0.2) is 38.2 Å². The van der Waals surface area contributed by atoms with E-state index in [1.54, 1.807) is 60.7 Å². The SMILES string of the molecule is COC(=O)c1ccc(-c2nc(-c3ccccc3O)nc(-c3cccc(N)c3O)n2)cc1. The molecule has 0 atom stereocenters. The van der Waals surface area contributed by atoms with E-state index in [2.05, 4.69) is 15.0 Å². The number of benzene rings is 3. The molecule has 8 nitrogen and oxygen atoms in total. The van der Waals surface area contributed by atoms with E-state index in [4.69, 9.17) is 10.5 Å². The lowest BCUT2D eigenvalue weighted by Gasteiger charge is -2.11. The lowest BCUT2D eigenvalue weighted by atomic mass is 10.1. The molecule has 1 heterocycles. The van der Waals surface area contributed by atoms with Gasteiger partial charge < -0.3 is 20.7 Å². The Morgan fingerprint density at radius 2 is 1.42 bits per heavy atom. The van der Waals surface area contributed by atoms with E-state index in [1.165, 1.54) is 13.2 Å². The van der Waals surface area contributed by atoms with Gasteiger partial charge in [0.1, 0.15) is 11.5 Å². The molecule has 1 aromatic heterocycles. The summed E-state index contributed by atoms with van der Waals surface area (Å²) in [7, 11) is 1.31. The van der Waals surface area contributed by atoms with Crippen LogP contribution in [0.1, 0.15) is 10.4 Å². The third-order valence-corrected chi connectivity index (χ3v) is 4.65. The maximum absolute atomic E-state index is 11.7. The van der Waals surface area contributed by atoms with Crippen molar-refractivity contribution in [2.24, 2.45) is 0 Å². The van der Waals surface area contributed by atoms with Crippen LogP contribution in [0.25, 0.3) is 34.2 Å². The van der Waals surface area contributed by atoms with Crippen molar-refractivity contribution >= 4 is 11.7 Å². The van der Waals surface area contributed by atoms with Crippen molar-refractivity contribution < 1.29 is 19.7 Å². The van der Waals surface area contributed by atoms with Crippen LogP contribution in [0.2, 0.25) is 0 Å². The van der Waals surface area contributed by atoms with Crippen LogP contribution in [-0.2, 0) is 4.74 Å². The standard InChI is InChI=1S/C23H18N4O4/c1-31-23(30)14-11-9-13(10-12-14)20-25-21(15-5-2-3-8-18(15)28)27-22(26-20)16-6-4-7-17(24)19(16)29/h2-12,28-29H,24H2,1H3. The Kier molecular flexibility index (Phi) is 5.19. The zero-order chi connectivity index (χ0) is 22.0. The van der Waals surface area contributed by atoms with E-state index >= 15 is 0 Å². The zero-order valence-electron chi connectivity index (χ0n) is 16.5. The van der Waals surface area contributed by atoms with Crippen molar-refractivity contribution in [3.63, 3.8) is 0 Å². The van der Waals surface area contributed by atoms with Crippen LogP contribution in [0.4, 0.5) is 5.69 Å². The quantitative estimate of drug-likeness (QED) is 0.262. The third kappa shape index (κ3) is 3.86. The highest BCUT2D eigenvalue weighted by molar-refractivity contribution is 5.89. The Labute approximate surface area is 177 Å². The molecule has 0 aliphatic heterocycles. The number of carbonyl (C=O) groups is 1. The molecule has 3 aromatic carbocycles. The molecule has 0 amide bonds. The van der Waals surface area contributed by atoms with Gasteiger partial charge in [-0.25, -0.2) is 19.7 Å². The van der Waals surface area contributed by atoms with Crippen molar-refractivity contribution in [3.8, 4) is 45.7 Å². The molecule has 31 heavy (non-hydrogen) atoms. The van der Waals surface area contributed by atoms with Crippen LogP contribution >= 0.6 is 0 Å². The fraction of sp³-hybridized carbons (Fsp3) is 0.0435. The number of para-hydroxylation sites is 2. The molecule has 4 rings (SSSR count). The van der Waals surface area contributed by atoms with Gasteiger partial charge in [-0.05, 0) is 36.4 Å². The summed E-state index contributed by atoms with van der Waals surface area (Å²) in [5, 5.41) is 20.7. The molecule has 0 fully saturated rings. The maximum Gasteiger partial charge on any atom is 0.337 e. The first-order chi connectivity index (χ1) is 15.0. The van der Waals surface area contributed by atoms with E-state index < -0.39 is 5.97 Å². The van der Waals surface area contributed by atoms with E-state index in [-0.39, 0.29) is 28.8 Å². The van der Waals surface area contributed by atoms with Crippen LogP contribution in [0.3, 0.4) is 0 Å². The van der Waals surface area contributed by atoms with Crippen LogP contribution in [0.5, 0.6) is 11.5 Å². The van der Waals surface area contributed by atoms with Gasteiger partial charge in [0.15, 0.2) is 17.5 Å². The molecule has 8 heteroatoms. The molecule has 0 bridgehead atoms. The molecule has 0 unspecified atom stereocenters. The fourth-order valence-electron chi connectivity index (χ4n) is 3.02. The highest BCUT2D eigenvalue weighted by Crippen LogP contribution is 2.34. The van der Waals surface area contributed by atoms with E-state index in [0.29, 0.717) is 28.1 Å². The second kappa shape index (κ2) is 8.11. The van der Waals surface area contributed by atoms with Gasteiger partial charge in [0.05, 0.1) is 29.5 Å². The average Bonchev–Trinajstić information content (AvgIpc) is 2.80. The number of nitrogens with two attached hydrogens (primary N) is 1. The highest BCUT2D eigenvalue weighted by atomic mass is 16.5. The second-order valence-corrected chi connectivity index (χ2v) is 6.64. The molecular formula is C23H18N4O4. The number of esters is 1. The number of aromatic nitrogens is 3. The van der Waals surface area contributed by atoms with Gasteiger partial charge in [0.2, 0.25) is 0 Å². The van der Waals surface area contributed by atoms with Crippen molar-refractivity contribution in [2.45, 2.75) is 0 Å². The van der Waals surface area contributed by atoms with Gasteiger partial charge in [-0.3, -0.25) is 0 Å². The van der Waals surface area contributed by atoms with E-state index in [1.807, 2.05) is 0 Å². The van der Waals surface area contributed by atoms with E-state index in [0.717, 1.165) is 0 Å². The summed E-state index contributed by atoms with van der Waals surface area (Å²) in [6, 6.07) is 18.1. The molecule has 0 spiro atoms. The summed E-state index contributed by atoms with van der Waals surface area (Å²) in [4.78, 5) is 25.2. The number of ether oxygens (including phenoxy) is 1. The number of aromatic hydroxyl groups is 2. The number of nitrogen functional groups attached to an aromatic ring is 1. The van der Waals surface area contributed by atoms with Crippen LogP contribution in [0.15, 0.2) is 66.7 Å². The van der Waals surface area contributed by atoms with Gasteiger partial charge in [-0.15, -0.1) is 0 Å². The Morgan fingerprint density at radius 3 is 2.10 bits per heavy atom. The number of anilines is 1. The van der Waals surface area contributed by atoms with Crippen molar-refractivity contribution in [3.05, 3.63) is 72.3 Å². The van der Waals surface area contributed by atoms with Crippen LogP contribution in [0, 0.1) is 0 Å². The lowest BCUT2D eigenvalue weighted by Crippen LogP contribution is -2.02. The average molecular weight is 414 g/mol. The molecule has 0 aliphatic carbocycles. The first-order valence-electron chi connectivity index (χ1n) is 9.29. The Hall–Kier alpha value is -4.46. The van der Waals surface area contributed by atoms with Crippen molar-refractivity contribution in [2.75, 3.05) is 12.8 Å². The molecule has 154 valence electrons. The Bertz CT molecular complexity index is 1270. The smallest absolute Gasteiger partial charge is 0.337 e. The minimum Gasteiger partial charge on any atom is -0.507 e. The topological polar surface area (TPSA) is 131 Å². The zero-order valence-corrected chi connectivity index (χ0v) is 16.5. The molecule has 4 aromatic rings. The maximum atomic E-state index is 11.7. The lowest BCUT2D eigenvalue weighted by molar-refractivity contribution is 0.0600. The summed E-state index contributed by atoms with van der Waals surface area (Å²) in [6.45, 7) is 0. The first kappa shape index (κ1) is 19.8. The summed E-state index contributed by atoms with van der Waals surface area (Å²) in [5.74, 6) is 0.0957. The highest BCUT2D eigenvalue weighted by Gasteiger charge is 2.17. The molecular weight excluding hydrogens is 396 g/mol. The Morgan fingerprint density at radius 1 is 0.806 bits per heavy atom. The normalized spacial score (nSPS) is 10.6. The molecule has 0 aliphatic rings. The number of nitrogens with zero attached hydrogens (tertiary/aromatic N) is 3. The monoisotopic (exact) mass is 414 g/mol. The number of carbonyl (C=O) groups excluding carboxylic acids is 1. The van der Waals surface area contributed by atoms with Gasteiger partial charge in [-0.1, -0.05) is 30.3 Å². The van der Waals surface area contributed by atoms with Gasteiger partial charge in [0, 0.05) is 5.56 Å². The number of rotatable bonds is 4. The molecule has 0 radical (unpaired) electrons. The fourth-order valence-corrected chi connectivity index (χ4v) is 3.02. The predicted molar refractivity (Wildman–Crippen MR) is 115 cm³/mol. The number of phenols is 2. The number of phenolic OH excluding ortho intramolecular Hbond substituents is 2. The third-order valence-electron chi connectivity index (χ3n) is 4.65. The minimum atomic E-state index is -0.456. The summed E-state index contributed by atoms with van der Waals surface area (Å²) < 4.78 is 4.73. The number of hydrogen-bond acceptors (Lipinski definition) is 8. The molecule has 0 saturated heterocycles. The number of methoxy groups -OCH3 is 1. The minimum absolute atomic E-state index is 0.00318. The van der Waals surface area contributed by atoms with Gasteiger partial charge in [0.25, 0.3) is 0 Å².